The lowest BCUT2D eigenvalue weighted by Gasteiger charge is -2.44. The van der Waals surface area contributed by atoms with Gasteiger partial charge in [0.1, 0.15) is 0 Å². The van der Waals surface area contributed by atoms with Crippen molar-refractivity contribution in [2.75, 3.05) is 7.11 Å². The fourth-order valence-electron chi connectivity index (χ4n) is 2.88. The number of carbonyl (C=O) groups is 1. The fourth-order valence-corrected chi connectivity index (χ4v) is 3.69. The molecule has 0 radical (unpaired) electrons. The van der Waals surface area contributed by atoms with Gasteiger partial charge in [-0.25, -0.2) is 4.79 Å². The largest absolute Gasteiger partial charge is 0.465 e. The van der Waals surface area contributed by atoms with Crippen LogP contribution >= 0.6 is 22.6 Å². The standard InChI is InChI=1S/C17H26INO3/c1-5-6-9-12-17(22-4,19(13(2)3)16(20)21)14-10-7-8-11-15(14)18/h7-8,10-11,13H,5-6,9,12H2,1-4H3,(H,20,21). The summed E-state index contributed by atoms with van der Waals surface area (Å²) in [5.74, 6) is 0. The summed E-state index contributed by atoms with van der Waals surface area (Å²) < 4.78 is 6.90. The van der Waals surface area contributed by atoms with Gasteiger partial charge >= 0.3 is 6.09 Å². The summed E-state index contributed by atoms with van der Waals surface area (Å²) in [6, 6.07) is 7.68. The molecular formula is C17H26INO3. The summed E-state index contributed by atoms with van der Waals surface area (Å²) in [6.07, 6.45) is 2.77. The van der Waals surface area contributed by atoms with Crippen LogP contribution in [0.15, 0.2) is 24.3 Å². The zero-order chi connectivity index (χ0) is 16.8. The molecule has 0 bridgehead atoms. The van der Waals surface area contributed by atoms with Gasteiger partial charge in [0.25, 0.3) is 0 Å². The number of hydrogen-bond acceptors (Lipinski definition) is 2. The van der Waals surface area contributed by atoms with Crippen LogP contribution in [0.3, 0.4) is 0 Å². The lowest BCUT2D eigenvalue weighted by atomic mass is 9.93. The zero-order valence-electron chi connectivity index (χ0n) is 13.8. The molecule has 0 aliphatic carbocycles. The number of hydrogen-bond donors (Lipinski definition) is 1. The first-order valence-electron chi connectivity index (χ1n) is 7.73. The van der Waals surface area contributed by atoms with Gasteiger partial charge in [-0.3, -0.25) is 4.90 Å². The number of carboxylic acid groups (broad SMARTS) is 1. The maximum absolute atomic E-state index is 11.9. The number of rotatable bonds is 8. The van der Waals surface area contributed by atoms with Crippen molar-refractivity contribution in [2.45, 2.75) is 58.2 Å². The van der Waals surface area contributed by atoms with Crippen LogP contribution in [0.2, 0.25) is 0 Å². The van der Waals surface area contributed by atoms with Crippen LogP contribution in [-0.4, -0.2) is 29.3 Å². The molecule has 0 fully saturated rings. The Morgan fingerprint density at radius 2 is 2.00 bits per heavy atom. The van der Waals surface area contributed by atoms with Gasteiger partial charge in [-0.15, -0.1) is 0 Å². The lowest BCUT2D eigenvalue weighted by molar-refractivity contribution is -0.146. The summed E-state index contributed by atoms with van der Waals surface area (Å²) in [6.45, 7) is 5.91. The molecule has 1 atom stereocenters. The van der Waals surface area contributed by atoms with Crippen molar-refractivity contribution in [1.29, 1.82) is 0 Å². The van der Waals surface area contributed by atoms with Crippen LogP contribution in [0, 0.1) is 3.57 Å². The van der Waals surface area contributed by atoms with Gasteiger partial charge in [0, 0.05) is 28.7 Å². The predicted molar refractivity (Wildman–Crippen MR) is 97.0 cm³/mol. The first kappa shape index (κ1) is 19.2. The van der Waals surface area contributed by atoms with E-state index in [0.29, 0.717) is 6.42 Å². The van der Waals surface area contributed by atoms with Gasteiger partial charge in [0.05, 0.1) is 0 Å². The van der Waals surface area contributed by atoms with Gasteiger partial charge in [-0.2, -0.15) is 0 Å². The van der Waals surface area contributed by atoms with Crippen LogP contribution in [0.1, 0.15) is 52.0 Å². The maximum atomic E-state index is 11.9. The summed E-state index contributed by atoms with van der Waals surface area (Å²) in [7, 11) is 1.60. The van der Waals surface area contributed by atoms with E-state index in [4.69, 9.17) is 4.74 Å². The molecule has 1 N–H and O–H groups in total. The minimum atomic E-state index is -0.951. The van der Waals surface area contributed by atoms with E-state index in [1.165, 1.54) is 4.90 Å². The second-order valence-electron chi connectivity index (χ2n) is 5.67. The molecule has 1 unspecified atom stereocenters. The number of nitrogens with zero attached hydrogens (tertiary/aromatic N) is 1. The van der Waals surface area contributed by atoms with E-state index in [9.17, 15) is 9.90 Å². The monoisotopic (exact) mass is 419 g/mol. The Labute approximate surface area is 147 Å². The average Bonchev–Trinajstić information content (AvgIpc) is 2.46. The van der Waals surface area contributed by atoms with Crippen molar-refractivity contribution in [3.63, 3.8) is 0 Å². The molecule has 0 aliphatic heterocycles. The van der Waals surface area contributed by atoms with Crippen molar-refractivity contribution in [3.8, 4) is 0 Å². The molecule has 1 rings (SSSR count). The van der Waals surface area contributed by atoms with E-state index in [2.05, 4.69) is 29.5 Å². The number of benzene rings is 1. The van der Waals surface area contributed by atoms with Crippen molar-refractivity contribution < 1.29 is 14.6 Å². The first-order valence-corrected chi connectivity index (χ1v) is 8.81. The Balaban J connectivity index is 3.40. The molecular weight excluding hydrogens is 393 g/mol. The number of ether oxygens (including phenoxy) is 1. The molecule has 0 saturated carbocycles. The Bertz CT molecular complexity index is 493. The molecule has 124 valence electrons. The SMILES string of the molecule is CCCCCC(OC)(c1ccccc1I)N(C(=O)O)C(C)C. The molecule has 22 heavy (non-hydrogen) atoms. The quantitative estimate of drug-likeness (QED) is 0.364. The highest BCUT2D eigenvalue weighted by Gasteiger charge is 2.44. The van der Waals surface area contributed by atoms with Gasteiger partial charge in [0.2, 0.25) is 0 Å². The highest BCUT2D eigenvalue weighted by Crippen LogP contribution is 2.39. The minimum Gasteiger partial charge on any atom is -0.465 e. The predicted octanol–water partition coefficient (Wildman–Crippen LogP) is 5.06. The summed E-state index contributed by atoms with van der Waals surface area (Å²) in [5.41, 5.74) is -0.0160. The topological polar surface area (TPSA) is 49.8 Å². The van der Waals surface area contributed by atoms with Crippen LogP contribution in [0.4, 0.5) is 4.79 Å². The molecule has 4 nitrogen and oxygen atoms in total. The second-order valence-corrected chi connectivity index (χ2v) is 6.83. The normalized spacial score (nSPS) is 13.9. The molecule has 1 aromatic carbocycles. The average molecular weight is 419 g/mol. The maximum Gasteiger partial charge on any atom is 0.410 e. The minimum absolute atomic E-state index is 0.171. The second kappa shape index (κ2) is 8.72. The van der Waals surface area contributed by atoms with Gasteiger partial charge in [-0.05, 0) is 48.9 Å². The van der Waals surface area contributed by atoms with Gasteiger partial charge in [-0.1, -0.05) is 38.0 Å². The van der Waals surface area contributed by atoms with Crippen molar-refractivity contribution in [1.82, 2.24) is 4.90 Å². The Hall–Kier alpha value is -0.820. The fraction of sp³-hybridized carbons (Fsp3) is 0.588. The van der Waals surface area contributed by atoms with Gasteiger partial charge in [0.15, 0.2) is 5.72 Å². The first-order chi connectivity index (χ1) is 10.4. The van der Waals surface area contributed by atoms with Crippen molar-refractivity contribution >= 4 is 28.7 Å². The number of halogens is 1. The van der Waals surface area contributed by atoms with Crippen LogP contribution in [0.5, 0.6) is 0 Å². The third-order valence-electron chi connectivity index (χ3n) is 3.86. The molecule has 1 amide bonds. The molecule has 0 aromatic heterocycles. The van der Waals surface area contributed by atoms with E-state index in [0.717, 1.165) is 28.4 Å². The third-order valence-corrected chi connectivity index (χ3v) is 4.80. The Kier molecular flexibility index (Phi) is 7.62. The highest BCUT2D eigenvalue weighted by atomic mass is 127. The molecule has 0 aliphatic rings. The zero-order valence-corrected chi connectivity index (χ0v) is 16.0. The van der Waals surface area contributed by atoms with Crippen LogP contribution in [-0.2, 0) is 10.5 Å². The molecule has 0 spiro atoms. The van der Waals surface area contributed by atoms with Crippen molar-refractivity contribution in [2.24, 2.45) is 0 Å². The Morgan fingerprint density at radius 3 is 2.45 bits per heavy atom. The molecule has 1 aromatic rings. The molecule has 0 heterocycles. The number of amides is 1. The Morgan fingerprint density at radius 1 is 1.36 bits per heavy atom. The summed E-state index contributed by atoms with van der Waals surface area (Å²) >= 11 is 2.25. The van der Waals surface area contributed by atoms with Crippen molar-refractivity contribution in [3.05, 3.63) is 33.4 Å². The third kappa shape index (κ3) is 4.13. The smallest absolute Gasteiger partial charge is 0.410 e. The summed E-state index contributed by atoms with van der Waals surface area (Å²) in [5, 5.41) is 9.76. The van der Waals surface area contributed by atoms with E-state index in [1.807, 2.05) is 38.1 Å². The lowest BCUT2D eigenvalue weighted by Crippen LogP contribution is -2.54. The van der Waals surface area contributed by atoms with E-state index in [1.54, 1.807) is 7.11 Å². The summed E-state index contributed by atoms with van der Waals surface area (Å²) in [4.78, 5) is 13.4. The van der Waals surface area contributed by atoms with E-state index in [-0.39, 0.29) is 6.04 Å². The molecule has 0 saturated heterocycles. The van der Waals surface area contributed by atoms with Gasteiger partial charge < -0.3 is 9.84 Å². The highest BCUT2D eigenvalue weighted by molar-refractivity contribution is 14.1. The van der Waals surface area contributed by atoms with E-state index >= 15 is 0 Å². The number of methoxy groups -OCH3 is 1. The van der Waals surface area contributed by atoms with Crippen LogP contribution in [0.25, 0.3) is 0 Å². The van der Waals surface area contributed by atoms with Crippen LogP contribution < -0.4 is 0 Å². The molecule has 5 heteroatoms. The van der Waals surface area contributed by atoms with E-state index < -0.39 is 11.8 Å². The number of unbranched alkanes of at least 4 members (excludes halogenated alkanes) is 2.